The Balaban J connectivity index is 1.65. The molecule has 7 heteroatoms. The molecule has 1 atom stereocenters. The fourth-order valence-electron chi connectivity index (χ4n) is 3.63. The van der Waals surface area contributed by atoms with E-state index in [9.17, 15) is 19.5 Å². The maximum absolute atomic E-state index is 12.7. The average Bonchev–Trinajstić information content (AvgIpc) is 3.21. The van der Waals surface area contributed by atoms with Crippen LogP contribution in [-0.2, 0) is 4.79 Å². The first-order valence-corrected chi connectivity index (χ1v) is 10.1. The first-order valence-electron chi connectivity index (χ1n) is 10.1. The van der Waals surface area contributed by atoms with Crippen LogP contribution in [0.25, 0.3) is 11.0 Å². The molecule has 2 N–H and O–H groups in total. The molecular weight excluding hydrogens is 406 g/mol. The minimum Gasteiger partial charge on any atom is -0.481 e. The van der Waals surface area contributed by atoms with Crippen molar-refractivity contribution in [3.8, 4) is 0 Å². The summed E-state index contributed by atoms with van der Waals surface area (Å²) < 4.78 is 1.82. The van der Waals surface area contributed by atoms with Gasteiger partial charge in [0.25, 0.3) is 5.91 Å². The number of nitrogens with zero attached hydrogens (tertiary/aromatic N) is 2. The number of rotatable bonds is 7. The predicted octanol–water partition coefficient (Wildman–Crippen LogP) is 4.56. The average molecular weight is 427 g/mol. The number of fused-ring (bicyclic) bond motifs is 1. The van der Waals surface area contributed by atoms with Gasteiger partial charge < -0.3 is 15.0 Å². The number of ketones is 1. The van der Waals surface area contributed by atoms with E-state index in [1.54, 1.807) is 48.8 Å². The summed E-state index contributed by atoms with van der Waals surface area (Å²) in [6.45, 7) is 1.47. The summed E-state index contributed by atoms with van der Waals surface area (Å²) in [5.74, 6) is -1.29. The zero-order chi connectivity index (χ0) is 22.7. The molecule has 160 valence electrons. The minimum atomic E-state index is -0.917. The molecule has 1 unspecified atom stereocenters. The SMILES string of the molecule is CC(=O)c1ccc(C(=O)Nc2ccc3ncn(C(CC(=O)O)c4ccccc4)c3c2)cc1. The molecule has 3 aromatic carbocycles. The molecule has 0 aliphatic heterocycles. The number of carbonyl (C=O) groups excluding carboxylic acids is 2. The number of aromatic nitrogens is 2. The van der Waals surface area contributed by atoms with Crippen molar-refractivity contribution in [2.24, 2.45) is 0 Å². The lowest BCUT2D eigenvalue weighted by Crippen LogP contribution is -2.15. The van der Waals surface area contributed by atoms with Gasteiger partial charge in [-0.25, -0.2) is 4.98 Å². The number of Topliss-reactive ketones (excluding diaryl/α,β-unsaturated/α-hetero) is 1. The predicted molar refractivity (Wildman–Crippen MR) is 121 cm³/mol. The largest absolute Gasteiger partial charge is 0.481 e. The Morgan fingerprint density at radius 1 is 0.969 bits per heavy atom. The standard InChI is InChI=1S/C25H21N3O4/c1-16(29)17-7-9-19(10-8-17)25(32)27-20-11-12-21-23(13-20)28(15-26-21)22(14-24(30)31)18-5-3-2-4-6-18/h2-13,15,22H,14H2,1H3,(H,27,32)(H,30,31). The minimum absolute atomic E-state index is 0.0648. The molecule has 0 aliphatic carbocycles. The highest BCUT2D eigenvalue weighted by Crippen LogP contribution is 2.28. The molecule has 0 radical (unpaired) electrons. The van der Waals surface area contributed by atoms with E-state index in [0.29, 0.717) is 27.8 Å². The highest BCUT2D eigenvalue weighted by atomic mass is 16.4. The number of carbonyl (C=O) groups is 3. The molecule has 1 heterocycles. The summed E-state index contributed by atoms with van der Waals surface area (Å²) >= 11 is 0. The van der Waals surface area contributed by atoms with Crippen LogP contribution in [0.1, 0.15) is 45.7 Å². The molecule has 4 aromatic rings. The molecule has 0 aliphatic rings. The monoisotopic (exact) mass is 427 g/mol. The Labute approximate surface area is 184 Å². The molecule has 0 saturated heterocycles. The smallest absolute Gasteiger partial charge is 0.305 e. The third kappa shape index (κ3) is 4.41. The van der Waals surface area contributed by atoms with Crippen LogP contribution in [0.2, 0.25) is 0 Å². The Hall–Kier alpha value is -4.26. The van der Waals surface area contributed by atoms with Gasteiger partial charge in [-0.15, -0.1) is 0 Å². The van der Waals surface area contributed by atoms with Crippen molar-refractivity contribution in [1.82, 2.24) is 9.55 Å². The number of benzene rings is 3. The molecule has 0 saturated carbocycles. The van der Waals surface area contributed by atoms with E-state index in [0.717, 1.165) is 5.56 Å². The second-order valence-electron chi connectivity index (χ2n) is 7.47. The van der Waals surface area contributed by atoms with Gasteiger partial charge in [0.2, 0.25) is 0 Å². The van der Waals surface area contributed by atoms with Crippen LogP contribution in [0.4, 0.5) is 5.69 Å². The zero-order valence-electron chi connectivity index (χ0n) is 17.4. The van der Waals surface area contributed by atoms with Gasteiger partial charge in [0.05, 0.1) is 29.8 Å². The number of carboxylic acid groups (broad SMARTS) is 1. The van der Waals surface area contributed by atoms with Crippen LogP contribution in [0.3, 0.4) is 0 Å². The summed E-state index contributed by atoms with van der Waals surface area (Å²) in [5, 5.41) is 12.3. The van der Waals surface area contributed by atoms with E-state index in [2.05, 4.69) is 10.3 Å². The van der Waals surface area contributed by atoms with Crippen LogP contribution in [0, 0.1) is 0 Å². The summed E-state index contributed by atoms with van der Waals surface area (Å²) in [4.78, 5) is 40.0. The van der Waals surface area contributed by atoms with Crippen molar-refractivity contribution in [3.63, 3.8) is 0 Å². The molecule has 1 amide bonds. The Morgan fingerprint density at radius 3 is 2.31 bits per heavy atom. The lowest BCUT2D eigenvalue weighted by molar-refractivity contribution is -0.137. The highest BCUT2D eigenvalue weighted by molar-refractivity contribution is 6.05. The fraction of sp³-hybridized carbons (Fsp3) is 0.120. The van der Waals surface area contributed by atoms with Crippen molar-refractivity contribution >= 4 is 34.4 Å². The highest BCUT2D eigenvalue weighted by Gasteiger charge is 2.20. The van der Waals surface area contributed by atoms with Gasteiger partial charge in [0.1, 0.15) is 0 Å². The fourth-order valence-corrected chi connectivity index (χ4v) is 3.63. The normalized spacial score (nSPS) is 11.8. The van der Waals surface area contributed by atoms with Crippen LogP contribution in [-0.4, -0.2) is 32.3 Å². The lowest BCUT2D eigenvalue weighted by Gasteiger charge is -2.18. The number of amides is 1. The van der Waals surface area contributed by atoms with Gasteiger partial charge in [0.15, 0.2) is 5.78 Å². The maximum atomic E-state index is 12.7. The summed E-state index contributed by atoms with van der Waals surface area (Å²) in [7, 11) is 0. The third-order valence-corrected chi connectivity index (χ3v) is 5.27. The Kier molecular flexibility index (Phi) is 5.81. The second kappa shape index (κ2) is 8.85. The van der Waals surface area contributed by atoms with Crippen LogP contribution < -0.4 is 5.32 Å². The molecule has 0 bridgehead atoms. The molecule has 0 spiro atoms. The summed E-state index contributed by atoms with van der Waals surface area (Å²) in [5.41, 5.74) is 3.79. The lowest BCUT2D eigenvalue weighted by atomic mass is 10.0. The number of aliphatic carboxylic acids is 1. The van der Waals surface area contributed by atoms with E-state index in [4.69, 9.17) is 0 Å². The number of nitrogens with one attached hydrogen (secondary N) is 1. The number of hydrogen-bond donors (Lipinski definition) is 2. The van der Waals surface area contributed by atoms with Crippen LogP contribution in [0.5, 0.6) is 0 Å². The third-order valence-electron chi connectivity index (χ3n) is 5.27. The van der Waals surface area contributed by atoms with Gasteiger partial charge in [-0.05, 0) is 42.8 Å². The molecule has 7 nitrogen and oxygen atoms in total. The molecule has 0 fully saturated rings. The van der Waals surface area contributed by atoms with Gasteiger partial charge in [0, 0.05) is 16.8 Å². The summed E-state index contributed by atoms with van der Waals surface area (Å²) in [6.07, 6.45) is 1.52. The number of imidazole rings is 1. The van der Waals surface area contributed by atoms with Crippen molar-refractivity contribution in [3.05, 3.63) is 95.8 Å². The van der Waals surface area contributed by atoms with Crippen LogP contribution in [0.15, 0.2) is 79.1 Å². The van der Waals surface area contributed by atoms with Crippen molar-refractivity contribution in [2.45, 2.75) is 19.4 Å². The van der Waals surface area contributed by atoms with E-state index in [1.807, 2.05) is 34.9 Å². The van der Waals surface area contributed by atoms with Gasteiger partial charge in [-0.1, -0.05) is 42.5 Å². The van der Waals surface area contributed by atoms with Gasteiger partial charge in [-0.2, -0.15) is 0 Å². The van der Waals surface area contributed by atoms with Gasteiger partial charge in [-0.3, -0.25) is 14.4 Å². The molecule has 32 heavy (non-hydrogen) atoms. The van der Waals surface area contributed by atoms with Crippen molar-refractivity contribution < 1.29 is 19.5 Å². The molecular formula is C25H21N3O4. The van der Waals surface area contributed by atoms with E-state index in [1.165, 1.54) is 6.92 Å². The van der Waals surface area contributed by atoms with Crippen molar-refractivity contribution in [2.75, 3.05) is 5.32 Å². The van der Waals surface area contributed by atoms with Crippen molar-refractivity contribution in [1.29, 1.82) is 0 Å². The van der Waals surface area contributed by atoms with E-state index >= 15 is 0 Å². The van der Waals surface area contributed by atoms with E-state index < -0.39 is 12.0 Å². The quantitative estimate of drug-likeness (QED) is 0.421. The number of hydrogen-bond acceptors (Lipinski definition) is 4. The van der Waals surface area contributed by atoms with E-state index in [-0.39, 0.29) is 18.1 Å². The summed E-state index contributed by atoms with van der Waals surface area (Å²) in [6, 6.07) is 20.7. The Morgan fingerprint density at radius 2 is 1.66 bits per heavy atom. The second-order valence-corrected chi connectivity index (χ2v) is 7.47. The molecule has 1 aromatic heterocycles. The Bertz CT molecular complexity index is 1290. The van der Waals surface area contributed by atoms with Gasteiger partial charge >= 0.3 is 5.97 Å². The molecule has 4 rings (SSSR count). The topological polar surface area (TPSA) is 101 Å². The zero-order valence-corrected chi connectivity index (χ0v) is 17.4. The number of carboxylic acids is 1. The number of anilines is 1. The maximum Gasteiger partial charge on any atom is 0.305 e. The first-order chi connectivity index (χ1) is 15.4. The first kappa shape index (κ1) is 21.0. The van der Waals surface area contributed by atoms with Crippen LogP contribution >= 0.6 is 0 Å².